The van der Waals surface area contributed by atoms with Gasteiger partial charge in [0, 0.05) is 15.6 Å². The Bertz CT molecular complexity index is 926. The number of rotatable bonds is 5. The van der Waals surface area contributed by atoms with E-state index in [4.69, 9.17) is 34.8 Å². The van der Waals surface area contributed by atoms with E-state index >= 15 is 0 Å². The van der Waals surface area contributed by atoms with Gasteiger partial charge in [-0.15, -0.1) is 12.4 Å². The van der Waals surface area contributed by atoms with Gasteiger partial charge in [0.2, 0.25) is 0 Å². The lowest BCUT2D eigenvalue weighted by atomic mass is 10.2. The van der Waals surface area contributed by atoms with Gasteiger partial charge in [-0.25, -0.2) is 4.98 Å². The van der Waals surface area contributed by atoms with Crippen molar-refractivity contribution in [1.29, 1.82) is 0 Å². The average Bonchev–Trinajstić information content (AvgIpc) is 2.87. The van der Waals surface area contributed by atoms with Crippen LogP contribution in [0, 0.1) is 0 Å². The molecule has 1 heterocycles. The maximum absolute atomic E-state index is 11.2. The smallest absolute Gasteiger partial charge is 0.309 e. The molecule has 0 aliphatic heterocycles. The quantitative estimate of drug-likeness (QED) is 0.571. The summed E-state index contributed by atoms with van der Waals surface area (Å²) in [5, 5.41) is 10.4. The van der Waals surface area contributed by atoms with Gasteiger partial charge in [0.05, 0.1) is 18.7 Å². The lowest BCUT2D eigenvalue weighted by Gasteiger charge is -2.13. The van der Waals surface area contributed by atoms with Crippen LogP contribution in [0.25, 0.3) is 11.4 Å². The van der Waals surface area contributed by atoms with Crippen molar-refractivity contribution in [3.63, 3.8) is 0 Å². The first-order chi connectivity index (χ1) is 12.0. The summed E-state index contributed by atoms with van der Waals surface area (Å²) in [5.41, 5.74) is 2.06. The van der Waals surface area contributed by atoms with Crippen LogP contribution in [-0.2, 0) is 17.8 Å². The fraction of sp³-hybridized carbons (Fsp3) is 0.111. The number of carboxylic acids is 1. The molecule has 0 amide bonds. The molecule has 136 valence electrons. The van der Waals surface area contributed by atoms with Gasteiger partial charge < -0.3 is 9.67 Å². The molecule has 3 rings (SSSR count). The summed E-state index contributed by atoms with van der Waals surface area (Å²) in [6.07, 6.45) is -0.232. The summed E-state index contributed by atoms with van der Waals surface area (Å²) >= 11 is 18.5. The molecule has 1 N–H and O–H groups in total. The molecule has 0 bridgehead atoms. The molecule has 0 atom stereocenters. The van der Waals surface area contributed by atoms with Crippen molar-refractivity contribution in [3.05, 3.63) is 75.0 Å². The van der Waals surface area contributed by atoms with Gasteiger partial charge in [0.25, 0.3) is 0 Å². The minimum atomic E-state index is -0.982. The SMILES string of the molecule is Cl.O=C(O)Cc1c(Cl)nc(-c2ccccc2)n1Cc1ccc(Cl)cc1Cl. The molecule has 1 aromatic heterocycles. The highest BCUT2D eigenvalue weighted by Gasteiger charge is 2.20. The standard InChI is InChI=1S/C18H13Cl3N2O2.ClH/c19-13-7-6-12(14(20)8-13)10-23-15(9-16(24)25)17(21)22-18(23)11-4-2-1-3-5-11;/h1-8H,9-10H2,(H,24,25);1H. The van der Waals surface area contributed by atoms with E-state index in [0.717, 1.165) is 11.1 Å². The Kier molecular flexibility index (Phi) is 6.95. The first kappa shape index (κ1) is 20.6. The Morgan fingerprint density at radius 1 is 1.08 bits per heavy atom. The summed E-state index contributed by atoms with van der Waals surface area (Å²) in [5.74, 6) is -0.391. The zero-order valence-electron chi connectivity index (χ0n) is 13.3. The molecule has 0 saturated carbocycles. The number of carboxylic acid groups (broad SMARTS) is 1. The molecule has 8 heteroatoms. The Labute approximate surface area is 171 Å². The number of aliphatic carboxylic acids is 1. The molecule has 0 aliphatic rings. The molecule has 0 radical (unpaired) electrons. The van der Waals surface area contributed by atoms with Crippen molar-refractivity contribution in [2.45, 2.75) is 13.0 Å². The van der Waals surface area contributed by atoms with Gasteiger partial charge in [0.1, 0.15) is 5.82 Å². The predicted molar refractivity (Wildman–Crippen MR) is 107 cm³/mol. The highest BCUT2D eigenvalue weighted by molar-refractivity contribution is 6.35. The van der Waals surface area contributed by atoms with Crippen LogP contribution in [0.3, 0.4) is 0 Å². The summed E-state index contributed by atoms with van der Waals surface area (Å²) in [6, 6.07) is 14.6. The Balaban J connectivity index is 0.00000243. The third-order valence-electron chi connectivity index (χ3n) is 3.72. The molecule has 0 unspecified atom stereocenters. The fourth-order valence-electron chi connectivity index (χ4n) is 2.57. The van der Waals surface area contributed by atoms with Gasteiger partial charge >= 0.3 is 5.97 Å². The van der Waals surface area contributed by atoms with Gasteiger partial charge in [-0.05, 0) is 17.7 Å². The van der Waals surface area contributed by atoms with E-state index < -0.39 is 5.97 Å². The average molecular weight is 432 g/mol. The van der Waals surface area contributed by atoms with Gasteiger partial charge in [-0.1, -0.05) is 71.2 Å². The molecular weight excluding hydrogens is 418 g/mol. The van der Waals surface area contributed by atoms with Crippen molar-refractivity contribution in [2.24, 2.45) is 0 Å². The van der Waals surface area contributed by atoms with Crippen LogP contribution in [0.4, 0.5) is 0 Å². The van der Waals surface area contributed by atoms with E-state index in [0.29, 0.717) is 28.1 Å². The molecule has 3 aromatic rings. The summed E-state index contributed by atoms with van der Waals surface area (Å²) in [6.45, 7) is 0.336. The maximum Gasteiger partial charge on any atom is 0.309 e. The zero-order chi connectivity index (χ0) is 18.0. The monoisotopic (exact) mass is 430 g/mol. The van der Waals surface area contributed by atoms with Crippen LogP contribution >= 0.6 is 47.2 Å². The molecular formula is C18H14Cl4N2O2. The largest absolute Gasteiger partial charge is 0.481 e. The Morgan fingerprint density at radius 3 is 2.38 bits per heavy atom. The number of hydrogen-bond donors (Lipinski definition) is 1. The number of imidazole rings is 1. The summed E-state index contributed by atoms with van der Waals surface area (Å²) in [7, 11) is 0. The molecule has 0 fully saturated rings. The number of halogens is 4. The fourth-order valence-corrected chi connectivity index (χ4v) is 3.28. The van der Waals surface area contributed by atoms with E-state index in [-0.39, 0.29) is 24.0 Å². The number of carbonyl (C=O) groups is 1. The van der Waals surface area contributed by atoms with Crippen LogP contribution in [-0.4, -0.2) is 20.6 Å². The highest BCUT2D eigenvalue weighted by atomic mass is 35.5. The van der Waals surface area contributed by atoms with Crippen molar-refractivity contribution in [3.8, 4) is 11.4 Å². The second kappa shape index (κ2) is 8.78. The first-order valence-corrected chi connectivity index (χ1v) is 8.55. The van der Waals surface area contributed by atoms with Crippen LogP contribution < -0.4 is 0 Å². The molecule has 2 aromatic carbocycles. The van der Waals surface area contributed by atoms with E-state index in [1.807, 2.05) is 30.3 Å². The van der Waals surface area contributed by atoms with Gasteiger partial charge in [0.15, 0.2) is 5.15 Å². The Hall–Kier alpha value is -1.72. The summed E-state index contributed by atoms with van der Waals surface area (Å²) < 4.78 is 1.78. The molecule has 4 nitrogen and oxygen atoms in total. The van der Waals surface area contributed by atoms with Gasteiger partial charge in [-0.2, -0.15) is 0 Å². The lowest BCUT2D eigenvalue weighted by Crippen LogP contribution is -2.11. The van der Waals surface area contributed by atoms with Crippen molar-refractivity contribution < 1.29 is 9.90 Å². The molecule has 26 heavy (non-hydrogen) atoms. The van der Waals surface area contributed by atoms with Crippen LogP contribution in [0.2, 0.25) is 15.2 Å². The van der Waals surface area contributed by atoms with Crippen LogP contribution in [0.5, 0.6) is 0 Å². The third kappa shape index (κ3) is 4.51. The normalized spacial score (nSPS) is 10.4. The van der Waals surface area contributed by atoms with Gasteiger partial charge in [-0.3, -0.25) is 4.79 Å². The second-order valence-corrected chi connectivity index (χ2v) is 6.63. The van der Waals surface area contributed by atoms with E-state index in [1.165, 1.54) is 0 Å². The topological polar surface area (TPSA) is 55.1 Å². The molecule has 0 aliphatic carbocycles. The zero-order valence-corrected chi connectivity index (χ0v) is 16.4. The number of aromatic nitrogens is 2. The van der Waals surface area contributed by atoms with Crippen molar-refractivity contribution in [2.75, 3.05) is 0 Å². The minimum Gasteiger partial charge on any atom is -0.481 e. The number of nitrogens with zero attached hydrogens (tertiary/aromatic N) is 2. The predicted octanol–water partition coefficient (Wildman–Crippen LogP) is 5.61. The van der Waals surface area contributed by atoms with Crippen LogP contribution in [0.1, 0.15) is 11.3 Å². The third-order valence-corrected chi connectivity index (χ3v) is 4.61. The number of hydrogen-bond acceptors (Lipinski definition) is 2. The second-order valence-electron chi connectivity index (χ2n) is 5.43. The molecule has 0 saturated heterocycles. The first-order valence-electron chi connectivity index (χ1n) is 7.41. The van der Waals surface area contributed by atoms with E-state index in [2.05, 4.69) is 4.98 Å². The maximum atomic E-state index is 11.2. The highest BCUT2D eigenvalue weighted by Crippen LogP contribution is 2.29. The van der Waals surface area contributed by atoms with Crippen LogP contribution in [0.15, 0.2) is 48.5 Å². The van der Waals surface area contributed by atoms with E-state index in [9.17, 15) is 9.90 Å². The molecule has 0 spiro atoms. The van der Waals surface area contributed by atoms with Crippen molar-refractivity contribution >= 4 is 53.2 Å². The van der Waals surface area contributed by atoms with E-state index in [1.54, 1.807) is 22.8 Å². The summed E-state index contributed by atoms with van der Waals surface area (Å²) in [4.78, 5) is 15.6. The number of benzene rings is 2. The van der Waals surface area contributed by atoms with Crippen molar-refractivity contribution in [1.82, 2.24) is 9.55 Å². The minimum absolute atomic E-state index is 0. The Morgan fingerprint density at radius 2 is 1.77 bits per heavy atom. The lowest BCUT2D eigenvalue weighted by molar-refractivity contribution is -0.136.